The minimum absolute atomic E-state index is 0.353. The first-order valence-electron chi connectivity index (χ1n) is 4.51. The molecule has 5 nitrogen and oxygen atoms in total. The number of hydrogen-bond donors (Lipinski definition) is 1. The zero-order chi connectivity index (χ0) is 10.1. The van der Waals surface area contributed by atoms with Gasteiger partial charge >= 0.3 is 0 Å². The molecular formula is C9H11N5. The Morgan fingerprint density at radius 2 is 2.50 bits per heavy atom. The van der Waals surface area contributed by atoms with Crippen LogP contribution >= 0.6 is 0 Å². The van der Waals surface area contributed by atoms with E-state index in [1.807, 2.05) is 11.0 Å². The van der Waals surface area contributed by atoms with E-state index in [-0.39, 0.29) is 0 Å². The van der Waals surface area contributed by atoms with Crippen molar-refractivity contribution in [2.45, 2.75) is 19.4 Å². The van der Waals surface area contributed by atoms with E-state index in [1.54, 1.807) is 0 Å². The first kappa shape index (κ1) is 8.75. The first-order chi connectivity index (χ1) is 6.72. The van der Waals surface area contributed by atoms with E-state index >= 15 is 0 Å². The minimum atomic E-state index is 0.353. The second kappa shape index (κ2) is 3.14. The number of nitrogens with two attached hydrogens (primary N) is 1. The average Bonchev–Trinajstić information content (AvgIpc) is 2.16. The fourth-order valence-corrected chi connectivity index (χ4v) is 1.50. The summed E-state index contributed by atoms with van der Waals surface area (Å²) >= 11 is 0. The third kappa shape index (κ3) is 1.25. The van der Waals surface area contributed by atoms with Crippen LogP contribution in [0.3, 0.4) is 0 Å². The van der Waals surface area contributed by atoms with Gasteiger partial charge in [-0.15, -0.1) is 0 Å². The summed E-state index contributed by atoms with van der Waals surface area (Å²) in [6.45, 7) is 3.02. The summed E-state index contributed by atoms with van der Waals surface area (Å²) in [6, 6.07) is 2.45. The summed E-state index contributed by atoms with van der Waals surface area (Å²) in [6.07, 6.45) is 2.54. The predicted molar refractivity (Wildman–Crippen MR) is 52.6 cm³/mol. The van der Waals surface area contributed by atoms with Gasteiger partial charge in [0.15, 0.2) is 11.5 Å². The lowest BCUT2D eigenvalue weighted by Gasteiger charge is -2.39. The Bertz CT molecular complexity index is 395. The zero-order valence-corrected chi connectivity index (χ0v) is 7.94. The molecule has 2 heterocycles. The van der Waals surface area contributed by atoms with Crippen molar-refractivity contribution >= 4 is 11.6 Å². The van der Waals surface area contributed by atoms with Crippen LogP contribution in [0.25, 0.3) is 0 Å². The van der Waals surface area contributed by atoms with E-state index in [0.717, 1.165) is 13.0 Å². The molecule has 1 aliphatic heterocycles. The predicted octanol–water partition coefficient (Wildman–Crippen LogP) is 0.529. The molecule has 0 spiro atoms. The molecule has 1 unspecified atom stereocenters. The first-order valence-corrected chi connectivity index (χ1v) is 4.51. The highest BCUT2D eigenvalue weighted by molar-refractivity contribution is 5.55. The van der Waals surface area contributed by atoms with Crippen molar-refractivity contribution in [3.8, 4) is 6.07 Å². The van der Waals surface area contributed by atoms with E-state index in [4.69, 9.17) is 11.0 Å². The molecular weight excluding hydrogens is 178 g/mol. The Labute approximate surface area is 82.2 Å². The largest absolute Gasteiger partial charge is 0.382 e. The Hall–Kier alpha value is -1.83. The summed E-state index contributed by atoms with van der Waals surface area (Å²) in [4.78, 5) is 10.1. The normalized spacial score (nSPS) is 20.0. The van der Waals surface area contributed by atoms with Gasteiger partial charge in [-0.1, -0.05) is 0 Å². The van der Waals surface area contributed by atoms with Gasteiger partial charge in [-0.3, -0.25) is 0 Å². The summed E-state index contributed by atoms with van der Waals surface area (Å²) in [5.41, 5.74) is 5.89. The highest BCUT2D eigenvalue weighted by Crippen LogP contribution is 2.26. The second-order valence-electron chi connectivity index (χ2n) is 3.41. The SMILES string of the molecule is CC1CCN1c1nc(N)cnc1C#N. The Morgan fingerprint density at radius 1 is 1.71 bits per heavy atom. The third-order valence-corrected chi connectivity index (χ3v) is 2.47. The lowest BCUT2D eigenvalue weighted by Crippen LogP contribution is -2.46. The van der Waals surface area contributed by atoms with Crippen molar-refractivity contribution in [1.82, 2.24) is 9.97 Å². The molecule has 0 saturated carbocycles. The highest BCUT2D eigenvalue weighted by Gasteiger charge is 2.27. The maximum Gasteiger partial charge on any atom is 0.183 e. The summed E-state index contributed by atoms with van der Waals surface area (Å²) in [5.74, 6) is 0.976. The van der Waals surface area contributed by atoms with Crippen LogP contribution < -0.4 is 10.6 Å². The molecule has 0 amide bonds. The molecule has 0 bridgehead atoms. The number of nitrogens with zero attached hydrogens (tertiary/aromatic N) is 4. The van der Waals surface area contributed by atoms with Crippen molar-refractivity contribution in [3.05, 3.63) is 11.9 Å². The van der Waals surface area contributed by atoms with Crippen molar-refractivity contribution in [2.24, 2.45) is 0 Å². The molecule has 1 saturated heterocycles. The Morgan fingerprint density at radius 3 is 3.00 bits per heavy atom. The maximum absolute atomic E-state index is 8.84. The number of hydrogen-bond acceptors (Lipinski definition) is 5. The Balaban J connectivity index is 2.40. The van der Waals surface area contributed by atoms with Gasteiger partial charge in [-0.2, -0.15) is 5.26 Å². The summed E-state index contributed by atoms with van der Waals surface area (Å²) in [7, 11) is 0. The molecule has 1 aromatic rings. The molecule has 0 radical (unpaired) electrons. The number of nitrogen functional groups attached to an aromatic ring is 1. The van der Waals surface area contributed by atoms with Crippen LogP contribution in [-0.2, 0) is 0 Å². The van der Waals surface area contributed by atoms with Gasteiger partial charge in [0.2, 0.25) is 0 Å². The average molecular weight is 189 g/mol. The van der Waals surface area contributed by atoms with E-state index < -0.39 is 0 Å². The fraction of sp³-hybridized carbons (Fsp3) is 0.444. The van der Waals surface area contributed by atoms with E-state index in [2.05, 4.69) is 16.9 Å². The van der Waals surface area contributed by atoms with Crippen molar-refractivity contribution in [2.75, 3.05) is 17.2 Å². The van der Waals surface area contributed by atoms with Crippen LogP contribution in [-0.4, -0.2) is 22.6 Å². The van der Waals surface area contributed by atoms with Gasteiger partial charge in [0.05, 0.1) is 6.20 Å². The fourth-order valence-electron chi connectivity index (χ4n) is 1.50. The molecule has 0 aliphatic carbocycles. The van der Waals surface area contributed by atoms with Crippen LogP contribution in [0.2, 0.25) is 0 Å². The Kier molecular flexibility index (Phi) is 1.97. The van der Waals surface area contributed by atoms with Gasteiger partial charge in [0.25, 0.3) is 0 Å². The maximum atomic E-state index is 8.84. The van der Waals surface area contributed by atoms with Gasteiger partial charge in [0.1, 0.15) is 11.9 Å². The molecule has 2 rings (SSSR count). The van der Waals surface area contributed by atoms with Crippen LogP contribution in [0.15, 0.2) is 6.20 Å². The third-order valence-electron chi connectivity index (χ3n) is 2.47. The van der Waals surface area contributed by atoms with E-state index in [1.165, 1.54) is 6.20 Å². The molecule has 14 heavy (non-hydrogen) atoms. The number of aromatic nitrogens is 2. The molecule has 0 aromatic carbocycles. The monoisotopic (exact) mass is 189 g/mol. The van der Waals surface area contributed by atoms with Crippen LogP contribution in [0.1, 0.15) is 19.0 Å². The van der Waals surface area contributed by atoms with Crippen molar-refractivity contribution in [3.63, 3.8) is 0 Å². The summed E-state index contributed by atoms with van der Waals surface area (Å²) in [5, 5.41) is 8.84. The van der Waals surface area contributed by atoms with E-state index in [0.29, 0.717) is 23.4 Å². The zero-order valence-electron chi connectivity index (χ0n) is 7.94. The highest BCUT2D eigenvalue weighted by atomic mass is 15.3. The van der Waals surface area contributed by atoms with E-state index in [9.17, 15) is 0 Å². The summed E-state index contributed by atoms with van der Waals surface area (Å²) < 4.78 is 0. The van der Waals surface area contributed by atoms with Gasteiger partial charge in [0, 0.05) is 12.6 Å². The van der Waals surface area contributed by atoms with Crippen molar-refractivity contribution in [1.29, 1.82) is 5.26 Å². The number of anilines is 2. The number of nitriles is 1. The smallest absolute Gasteiger partial charge is 0.183 e. The lowest BCUT2D eigenvalue weighted by atomic mass is 10.1. The molecule has 5 heteroatoms. The topological polar surface area (TPSA) is 78.8 Å². The molecule has 1 fully saturated rings. The number of rotatable bonds is 1. The molecule has 1 atom stereocenters. The van der Waals surface area contributed by atoms with Crippen molar-refractivity contribution < 1.29 is 0 Å². The molecule has 1 aliphatic rings. The molecule has 2 N–H and O–H groups in total. The van der Waals surface area contributed by atoms with Crippen LogP contribution in [0.5, 0.6) is 0 Å². The van der Waals surface area contributed by atoms with Gasteiger partial charge in [-0.05, 0) is 13.3 Å². The minimum Gasteiger partial charge on any atom is -0.382 e. The quantitative estimate of drug-likeness (QED) is 0.697. The molecule has 1 aromatic heterocycles. The van der Waals surface area contributed by atoms with Gasteiger partial charge < -0.3 is 10.6 Å². The second-order valence-corrected chi connectivity index (χ2v) is 3.41. The van der Waals surface area contributed by atoms with Gasteiger partial charge in [-0.25, -0.2) is 9.97 Å². The standard InChI is InChI=1S/C9H11N5/c1-6-2-3-14(6)9-7(4-10)12-5-8(11)13-9/h5-6H,2-3H2,1H3,(H2,11,13). The lowest BCUT2D eigenvalue weighted by molar-refractivity contribution is 0.475. The van der Waals surface area contributed by atoms with Crippen LogP contribution in [0, 0.1) is 11.3 Å². The van der Waals surface area contributed by atoms with Crippen LogP contribution in [0.4, 0.5) is 11.6 Å². The molecule has 72 valence electrons.